The molecule has 3 unspecified atom stereocenters. The Balaban J connectivity index is 2.05. The first-order chi connectivity index (χ1) is 11.6. The number of amides is 1. The van der Waals surface area contributed by atoms with Crippen molar-refractivity contribution < 1.29 is 13.9 Å². The van der Waals surface area contributed by atoms with Crippen molar-refractivity contribution in [1.29, 1.82) is 0 Å². The van der Waals surface area contributed by atoms with E-state index >= 15 is 0 Å². The van der Waals surface area contributed by atoms with Gasteiger partial charge in [-0.25, -0.2) is 9.18 Å². The summed E-state index contributed by atoms with van der Waals surface area (Å²) in [6.45, 7) is 10.3. The van der Waals surface area contributed by atoms with E-state index in [0.29, 0.717) is 11.6 Å². The molecule has 3 atom stereocenters. The quantitative estimate of drug-likeness (QED) is 0.821. The SMILES string of the molecule is CC(NC1CCCN(C(=O)OC(C)(C)C)C1C)c1ccc(F)cc1Cl. The van der Waals surface area contributed by atoms with Gasteiger partial charge in [0.25, 0.3) is 0 Å². The van der Waals surface area contributed by atoms with E-state index in [1.807, 2.05) is 34.6 Å². The first kappa shape index (κ1) is 20.0. The van der Waals surface area contributed by atoms with Gasteiger partial charge in [-0.3, -0.25) is 0 Å². The molecule has 1 heterocycles. The number of likely N-dealkylation sites (tertiary alicyclic amines) is 1. The number of piperidine rings is 1. The predicted molar refractivity (Wildman–Crippen MR) is 98.4 cm³/mol. The Morgan fingerprint density at radius 1 is 1.44 bits per heavy atom. The zero-order valence-electron chi connectivity index (χ0n) is 15.6. The van der Waals surface area contributed by atoms with Crippen LogP contribution in [0.3, 0.4) is 0 Å². The van der Waals surface area contributed by atoms with Crippen molar-refractivity contribution in [1.82, 2.24) is 10.2 Å². The van der Waals surface area contributed by atoms with Gasteiger partial charge in [-0.15, -0.1) is 0 Å². The summed E-state index contributed by atoms with van der Waals surface area (Å²) in [6, 6.07) is 4.53. The lowest BCUT2D eigenvalue weighted by atomic mass is 9.96. The average molecular weight is 371 g/mol. The number of benzene rings is 1. The van der Waals surface area contributed by atoms with E-state index in [9.17, 15) is 9.18 Å². The van der Waals surface area contributed by atoms with Gasteiger partial charge in [0.2, 0.25) is 0 Å². The number of rotatable bonds is 3. The fraction of sp³-hybridized carbons (Fsp3) is 0.632. The van der Waals surface area contributed by atoms with Crippen molar-refractivity contribution in [2.24, 2.45) is 0 Å². The summed E-state index contributed by atoms with van der Waals surface area (Å²) in [5, 5.41) is 3.95. The molecule has 0 saturated carbocycles. The fourth-order valence-electron chi connectivity index (χ4n) is 3.21. The number of ether oxygens (including phenoxy) is 1. The smallest absolute Gasteiger partial charge is 0.410 e. The van der Waals surface area contributed by atoms with E-state index in [1.54, 1.807) is 11.0 Å². The molecule has 1 N–H and O–H groups in total. The number of hydrogen-bond acceptors (Lipinski definition) is 3. The Bertz CT molecular complexity index is 618. The van der Waals surface area contributed by atoms with Crippen LogP contribution in [-0.2, 0) is 4.74 Å². The van der Waals surface area contributed by atoms with Crippen LogP contribution in [0.1, 0.15) is 59.1 Å². The van der Waals surface area contributed by atoms with Crippen LogP contribution in [0.15, 0.2) is 18.2 Å². The summed E-state index contributed by atoms with van der Waals surface area (Å²) in [7, 11) is 0. The van der Waals surface area contributed by atoms with Gasteiger partial charge in [0.15, 0.2) is 0 Å². The summed E-state index contributed by atoms with van der Waals surface area (Å²) in [5.74, 6) is -0.344. The molecule has 0 bridgehead atoms. The molecule has 4 nitrogen and oxygen atoms in total. The topological polar surface area (TPSA) is 41.6 Å². The van der Waals surface area contributed by atoms with Crippen molar-refractivity contribution >= 4 is 17.7 Å². The monoisotopic (exact) mass is 370 g/mol. The molecule has 1 saturated heterocycles. The van der Waals surface area contributed by atoms with E-state index in [4.69, 9.17) is 16.3 Å². The summed E-state index contributed by atoms with van der Waals surface area (Å²) in [4.78, 5) is 14.2. The minimum Gasteiger partial charge on any atom is -0.444 e. The fourth-order valence-corrected chi connectivity index (χ4v) is 3.54. The van der Waals surface area contributed by atoms with Crippen molar-refractivity contribution in [3.63, 3.8) is 0 Å². The van der Waals surface area contributed by atoms with Crippen LogP contribution in [0.5, 0.6) is 0 Å². The molecule has 0 aliphatic carbocycles. The van der Waals surface area contributed by atoms with Crippen LogP contribution in [0.4, 0.5) is 9.18 Å². The highest BCUT2D eigenvalue weighted by molar-refractivity contribution is 6.31. The lowest BCUT2D eigenvalue weighted by molar-refractivity contribution is 0.00643. The molecule has 1 amide bonds. The van der Waals surface area contributed by atoms with Gasteiger partial charge in [-0.05, 0) is 65.2 Å². The molecule has 0 aromatic heterocycles. The van der Waals surface area contributed by atoms with Crippen LogP contribution < -0.4 is 5.32 Å². The molecule has 1 aliphatic rings. The third-order valence-electron chi connectivity index (χ3n) is 4.51. The highest BCUT2D eigenvalue weighted by Gasteiger charge is 2.34. The van der Waals surface area contributed by atoms with Crippen LogP contribution in [0.2, 0.25) is 5.02 Å². The van der Waals surface area contributed by atoms with Gasteiger partial charge in [0.1, 0.15) is 11.4 Å². The standard InChI is InChI=1S/C19H28ClFN2O2/c1-12(15-9-8-14(21)11-16(15)20)22-17-7-6-10-23(13(17)2)18(24)25-19(3,4)5/h8-9,11-13,17,22H,6-7,10H2,1-5H3. The Hall–Kier alpha value is -1.33. The van der Waals surface area contributed by atoms with Gasteiger partial charge < -0.3 is 15.0 Å². The average Bonchev–Trinajstić information content (AvgIpc) is 2.47. The number of carbonyl (C=O) groups is 1. The molecule has 140 valence electrons. The van der Waals surface area contributed by atoms with Gasteiger partial charge in [-0.1, -0.05) is 17.7 Å². The number of nitrogens with zero attached hydrogens (tertiary/aromatic N) is 1. The number of hydrogen-bond donors (Lipinski definition) is 1. The first-order valence-electron chi connectivity index (χ1n) is 8.79. The summed E-state index contributed by atoms with van der Waals surface area (Å²) >= 11 is 6.17. The molecular weight excluding hydrogens is 343 g/mol. The number of halogens is 2. The number of carbonyl (C=O) groups excluding carboxylic acids is 1. The second-order valence-corrected chi connectivity index (χ2v) is 8.12. The highest BCUT2D eigenvalue weighted by Crippen LogP contribution is 2.27. The van der Waals surface area contributed by atoms with E-state index in [1.165, 1.54) is 12.1 Å². The lowest BCUT2D eigenvalue weighted by Gasteiger charge is -2.41. The normalized spacial score (nSPS) is 22.6. The Morgan fingerprint density at radius 2 is 2.12 bits per heavy atom. The summed E-state index contributed by atoms with van der Waals surface area (Å²) in [6.07, 6.45) is 1.59. The Labute approximate surface area is 154 Å². The van der Waals surface area contributed by atoms with Gasteiger partial charge in [0, 0.05) is 29.7 Å². The second-order valence-electron chi connectivity index (χ2n) is 7.72. The minimum atomic E-state index is -0.508. The first-order valence-corrected chi connectivity index (χ1v) is 9.17. The van der Waals surface area contributed by atoms with Gasteiger partial charge >= 0.3 is 6.09 Å². The molecule has 1 aromatic rings. The Kier molecular flexibility index (Phi) is 6.33. The largest absolute Gasteiger partial charge is 0.444 e. The van der Waals surface area contributed by atoms with Gasteiger partial charge in [0.05, 0.1) is 0 Å². The van der Waals surface area contributed by atoms with Crippen molar-refractivity contribution in [3.05, 3.63) is 34.6 Å². The summed E-state index contributed by atoms with van der Waals surface area (Å²) in [5.41, 5.74) is 0.344. The van der Waals surface area contributed by atoms with Crippen LogP contribution in [-0.4, -0.2) is 35.2 Å². The molecular formula is C19H28ClFN2O2. The van der Waals surface area contributed by atoms with E-state index in [-0.39, 0.29) is 30.0 Å². The van der Waals surface area contributed by atoms with E-state index in [0.717, 1.165) is 18.4 Å². The van der Waals surface area contributed by atoms with Crippen LogP contribution >= 0.6 is 11.6 Å². The molecule has 6 heteroatoms. The molecule has 0 spiro atoms. The maximum Gasteiger partial charge on any atom is 0.410 e. The third-order valence-corrected chi connectivity index (χ3v) is 4.84. The molecule has 1 aliphatic heterocycles. The molecule has 25 heavy (non-hydrogen) atoms. The molecule has 1 fully saturated rings. The Morgan fingerprint density at radius 3 is 2.72 bits per heavy atom. The van der Waals surface area contributed by atoms with Crippen molar-refractivity contribution in [2.45, 2.75) is 71.2 Å². The van der Waals surface area contributed by atoms with Crippen LogP contribution in [0, 0.1) is 5.82 Å². The van der Waals surface area contributed by atoms with E-state index in [2.05, 4.69) is 5.32 Å². The predicted octanol–water partition coefficient (Wildman–Crippen LogP) is 4.92. The maximum atomic E-state index is 13.2. The zero-order chi connectivity index (χ0) is 18.8. The van der Waals surface area contributed by atoms with Gasteiger partial charge in [-0.2, -0.15) is 0 Å². The molecule has 2 rings (SSSR count). The lowest BCUT2D eigenvalue weighted by Crippen LogP contribution is -2.55. The summed E-state index contributed by atoms with van der Waals surface area (Å²) < 4.78 is 18.8. The zero-order valence-corrected chi connectivity index (χ0v) is 16.4. The number of nitrogens with one attached hydrogen (secondary N) is 1. The third kappa shape index (κ3) is 5.32. The molecule has 1 aromatic carbocycles. The second kappa shape index (κ2) is 7.92. The maximum absolute atomic E-state index is 13.2. The van der Waals surface area contributed by atoms with E-state index < -0.39 is 5.60 Å². The molecule has 0 radical (unpaired) electrons. The van der Waals surface area contributed by atoms with Crippen molar-refractivity contribution in [2.75, 3.05) is 6.54 Å². The highest BCUT2D eigenvalue weighted by atomic mass is 35.5. The van der Waals surface area contributed by atoms with Crippen molar-refractivity contribution in [3.8, 4) is 0 Å². The van der Waals surface area contributed by atoms with Crippen LogP contribution in [0.25, 0.3) is 0 Å². The minimum absolute atomic E-state index is 0.00488.